The molecule has 0 radical (unpaired) electrons. The van der Waals surface area contributed by atoms with E-state index in [0.717, 1.165) is 16.9 Å². The van der Waals surface area contributed by atoms with Crippen molar-refractivity contribution in [3.8, 4) is 5.75 Å². The average molecular weight is 544 g/mol. The zero-order valence-corrected chi connectivity index (χ0v) is 23.5. The molecule has 1 fully saturated rings. The predicted octanol–water partition coefficient (Wildman–Crippen LogP) is 3.13. The standard InChI is InChI=1S/C29H41N3O7/c1-28(2,3)23-25(34)32-15-19(13-21(32)26(35)36)24(33)31-14-18-9-8-10-22(20(18)16-31)38-12-7-6-11-29(4,5)17-39-27(37)30-23/h6-10,19,21,23-24,33H,11-17H2,1-5H3,(H,30,37)(H,35,36). The van der Waals surface area contributed by atoms with E-state index in [1.54, 1.807) is 0 Å². The Balaban J connectivity index is 1.65. The molecule has 10 heteroatoms. The van der Waals surface area contributed by atoms with Crippen LogP contribution in [0.3, 0.4) is 0 Å². The van der Waals surface area contributed by atoms with E-state index in [4.69, 9.17) is 9.47 Å². The van der Waals surface area contributed by atoms with Gasteiger partial charge in [-0.05, 0) is 29.9 Å². The fourth-order valence-corrected chi connectivity index (χ4v) is 5.50. The smallest absolute Gasteiger partial charge is 0.407 e. The van der Waals surface area contributed by atoms with Crippen LogP contribution in [0.4, 0.5) is 4.79 Å². The zero-order valence-electron chi connectivity index (χ0n) is 23.5. The molecule has 1 aromatic rings. The second-order valence-corrected chi connectivity index (χ2v) is 12.7. The van der Waals surface area contributed by atoms with Gasteiger partial charge in [0.05, 0.1) is 6.61 Å². The number of benzene rings is 1. The molecule has 3 aliphatic heterocycles. The minimum absolute atomic E-state index is 0.0638. The maximum atomic E-state index is 13.8. The minimum atomic E-state index is -1.14. The normalized spacial score (nSPS) is 29.8. The number of hydrogen-bond donors (Lipinski definition) is 3. The number of carbonyl (C=O) groups is 3. The number of hydrogen-bond acceptors (Lipinski definition) is 7. The molecular formula is C29H41N3O7. The fraction of sp³-hybridized carbons (Fsp3) is 0.621. The number of nitrogens with zero attached hydrogens (tertiary/aromatic N) is 2. The van der Waals surface area contributed by atoms with Crippen molar-refractivity contribution >= 4 is 18.0 Å². The summed E-state index contributed by atoms with van der Waals surface area (Å²) in [6.07, 6.45) is 3.01. The summed E-state index contributed by atoms with van der Waals surface area (Å²) in [5.74, 6) is -1.37. The summed E-state index contributed by atoms with van der Waals surface area (Å²) in [7, 11) is 0. The highest BCUT2D eigenvalue weighted by Gasteiger charge is 2.48. The van der Waals surface area contributed by atoms with Gasteiger partial charge in [0.15, 0.2) is 0 Å². The lowest BCUT2D eigenvalue weighted by atomic mass is 9.85. The van der Waals surface area contributed by atoms with Gasteiger partial charge in [0.2, 0.25) is 5.91 Å². The van der Waals surface area contributed by atoms with Crippen LogP contribution in [0.15, 0.2) is 30.4 Å². The highest BCUT2D eigenvalue weighted by Crippen LogP contribution is 2.36. The van der Waals surface area contributed by atoms with Crippen molar-refractivity contribution in [1.82, 2.24) is 15.1 Å². The number of carboxylic acids is 1. The Morgan fingerprint density at radius 3 is 2.56 bits per heavy atom. The third-order valence-electron chi connectivity index (χ3n) is 7.80. The monoisotopic (exact) mass is 543 g/mol. The number of alkyl carbamates (subject to hydrolysis) is 1. The minimum Gasteiger partial charge on any atom is -0.489 e. The van der Waals surface area contributed by atoms with E-state index in [9.17, 15) is 24.6 Å². The Kier molecular flexibility index (Phi) is 8.28. The summed E-state index contributed by atoms with van der Waals surface area (Å²) >= 11 is 0. The van der Waals surface area contributed by atoms with E-state index in [0.29, 0.717) is 26.1 Å². The molecule has 39 heavy (non-hydrogen) atoms. The Labute approximate surface area is 229 Å². The summed E-state index contributed by atoms with van der Waals surface area (Å²) < 4.78 is 11.5. The maximum absolute atomic E-state index is 13.8. The molecule has 4 bridgehead atoms. The van der Waals surface area contributed by atoms with Gasteiger partial charge in [-0.25, -0.2) is 9.59 Å². The molecule has 2 amide bonds. The van der Waals surface area contributed by atoms with Gasteiger partial charge in [-0.15, -0.1) is 0 Å². The highest BCUT2D eigenvalue weighted by atomic mass is 16.5. The Hall–Kier alpha value is -3.11. The first-order chi connectivity index (χ1) is 18.3. The number of carbonyl (C=O) groups excluding carboxylic acids is 2. The Morgan fingerprint density at radius 1 is 1.13 bits per heavy atom. The molecule has 3 heterocycles. The first-order valence-electron chi connectivity index (χ1n) is 13.5. The molecule has 3 N–H and O–H groups in total. The van der Waals surface area contributed by atoms with Gasteiger partial charge >= 0.3 is 12.1 Å². The lowest BCUT2D eigenvalue weighted by molar-refractivity contribution is -0.150. The van der Waals surface area contributed by atoms with Gasteiger partial charge in [0.25, 0.3) is 0 Å². The van der Waals surface area contributed by atoms with E-state index in [-0.39, 0.29) is 25.0 Å². The third kappa shape index (κ3) is 6.55. The van der Waals surface area contributed by atoms with Gasteiger partial charge < -0.3 is 29.9 Å². The quantitative estimate of drug-likeness (QED) is 0.461. The van der Waals surface area contributed by atoms with Gasteiger partial charge in [-0.2, -0.15) is 0 Å². The molecule has 10 nitrogen and oxygen atoms in total. The van der Waals surface area contributed by atoms with Crippen LogP contribution in [0, 0.1) is 16.7 Å². The lowest BCUT2D eigenvalue weighted by Gasteiger charge is -2.35. The largest absolute Gasteiger partial charge is 0.489 e. The van der Waals surface area contributed by atoms with Crippen molar-refractivity contribution < 1.29 is 34.1 Å². The van der Waals surface area contributed by atoms with Crippen LogP contribution in [0.1, 0.15) is 58.6 Å². The number of ether oxygens (including phenoxy) is 2. The second-order valence-electron chi connectivity index (χ2n) is 12.7. The molecule has 5 unspecified atom stereocenters. The van der Waals surface area contributed by atoms with Crippen LogP contribution in [0.25, 0.3) is 0 Å². The van der Waals surface area contributed by atoms with Crippen LogP contribution in [-0.4, -0.2) is 76.1 Å². The molecule has 0 aromatic heterocycles. The van der Waals surface area contributed by atoms with Crippen molar-refractivity contribution in [3.05, 3.63) is 41.5 Å². The molecule has 0 aliphatic carbocycles. The summed E-state index contributed by atoms with van der Waals surface area (Å²) in [6, 6.07) is 3.73. The topological polar surface area (TPSA) is 129 Å². The number of carboxylic acid groups (broad SMARTS) is 1. The summed E-state index contributed by atoms with van der Waals surface area (Å²) in [5, 5.41) is 24.0. The predicted molar refractivity (Wildman–Crippen MR) is 144 cm³/mol. The average Bonchev–Trinajstić information content (AvgIpc) is 3.49. The maximum Gasteiger partial charge on any atom is 0.407 e. The first kappa shape index (κ1) is 28.9. The number of rotatable bonds is 1. The van der Waals surface area contributed by atoms with Crippen molar-refractivity contribution in [2.75, 3.05) is 19.8 Å². The van der Waals surface area contributed by atoms with Crippen molar-refractivity contribution in [3.63, 3.8) is 0 Å². The molecule has 0 spiro atoms. The van der Waals surface area contributed by atoms with Crippen molar-refractivity contribution in [2.45, 2.75) is 78.9 Å². The highest BCUT2D eigenvalue weighted by molar-refractivity contribution is 5.90. The summed E-state index contributed by atoms with van der Waals surface area (Å²) in [5.41, 5.74) is 0.995. The van der Waals surface area contributed by atoms with Gasteiger partial charge in [0.1, 0.15) is 30.7 Å². The van der Waals surface area contributed by atoms with Crippen LogP contribution >= 0.6 is 0 Å². The van der Waals surface area contributed by atoms with Gasteiger partial charge in [-0.3, -0.25) is 9.69 Å². The number of cyclic esters (lactones) is 1. The molecule has 0 saturated carbocycles. The fourth-order valence-electron chi connectivity index (χ4n) is 5.50. The number of aliphatic hydroxyl groups excluding tert-OH is 1. The van der Waals surface area contributed by atoms with Crippen LogP contribution in [0.2, 0.25) is 0 Å². The summed E-state index contributed by atoms with van der Waals surface area (Å²) in [4.78, 5) is 42.0. The molecule has 4 rings (SSSR count). The van der Waals surface area contributed by atoms with Crippen LogP contribution in [0.5, 0.6) is 5.75 Å². The van der Waals surface area contributed by atoms with E-state index >= 15 is 0 Å². The number of allylic oxidation sites excluding steroid dienone is 1. The van der Waals surface area contributed by atoms with Crippen molar-refractivity contribution in [1.29, 1.82) is 0 Å². The molecule has 1 saturated heterocycles. The summed E-state index contributed by atoms with van der Waals surface area (Å²) in [6.45, 7) is 10.9. The first-order valence-corrected chi connectivity index (χ1v) is 13.5. The molecule has 5 atom stereocenters. The number of fused-ring (bicyclic) bond motifs is 3. The van der Waals surface area contributed by atoms with Gasteiger partial charge in [0, 0.05) is 36.5 Å². The van der Waals surface area contributed by atoms with E-state index in [1.165, 1.54) is 4.90 Å². The number of amides is 2. The van der Waals surface area contributed by atoms with Gasteiger partial charge in [-0.1, -0.05) is 58.9 Å². The number of nitrogens with one attached hydrogen (secondary N) is 1. The Bertz CT molecular complexity index is 1130. The van der Waals surface area contributed by atoms with E-state index < -0.39 is 47.6 Å². The van der Waals surface area contributed by atoms with E-state index in [1.807, 2.05) is 69.9 Å². The number of aliphatic hydroxyl groups is 1. The third-order valence-corrected chi connectivity index (χ3v) is 7.80. The zero-order chi connectivity index (χ0) is 28.5. The molecular weight excluding hydrogens is 502 g/mol. The number of aliphatic carboxylic acids is 1. The molecule has 3 aliphatic rings. The SMILES string of the molecule is CC1(C)CC=CCOc2cccc3c2CN(C3)C(O)C2CC(C(=O)O)N(C2)C(=O)C(C(C)(C)C)NC(=O)OC1. The molecule has 214 valence electrons. The lowest BCUT2D eigenvalue weighted by Crippen LogP contribution is -2.57. The second kappa shape index (κ2) is 11.2. The molecule has 1 aromatic carbocycles. The van der Waals surface area contributed by atoms with Crippen molar-refractivity contribution in [2.24, 2.45) is 16.7 Å². The van der Waals surface area contributed by atoms with E-state index in [2.05, 4.69) is 5.32 Å². The Morgan fingerprint density at radius 2 is 1.87 bits per heavy atom. The van der Waals surface area contributed by atoms with Crippen LogP contribution in [-0.2, 0) is 27.4 Å². The van der Waals surface area contributed by atoms with Crippen LogP contribution < -0.4 is 10.1 Å².